The summed E-state index contributed by atoms with van der Waals surface area (Å²) in [6, 6.07) is 11.3. The first-order valence-electron chi connectivity index (χ1n) is 10.5. The Bertz CT molecular complexity index is 1330. The Morgan fingerprint density at radius 3 is 2.56 bits per heavy atom. The molecule has 1 aliphatic heterocycles. The van der Waals surface area contributed by atoms with Crippen molar-refractivity contribution in [1.82, 2.24) is 4.31 Å². The lowest BCUT2D eigenvalue weighted by atomic mass is 10.1. The minimum Gasteiger partial charge on any atom is -0.495 e. The zero-order chi connectivity index (χ0) is 24.3. The smallest absolute Gasteiger partial charge is 0.375 e. The number of rotatable bonds is 7. The number of carbonyl (C=O) groups is 2. The Morgan fingerprint density at radius 1 is 1.12 bits per heavy atom. The van der Waals surface area contributed by atoms with Gasteiger partial charge in [-0.3, -0.25) is 4.79 Å². The minimum atomic E-state index is -3.78. The molecule has 180 valence electrons. The number of esters is 1. The second-order valence-electron chi connectivity index (χ2n) is 7.56. The van der Waals surface area contributed by atoms with Crippen molar-refractivity contribution in [1.29, 1.82) is 0 Å². The van der Waals surface area contributed by atoms with Gasteiger partial charge in [-0.15, -0.1) is 0 Å². The van der Waals surface area contributed by atoms with Crippen molar-refractivity contribution in [3.05, 3.63) is 53.8 Å². The molecule has 1 aliphatic rings. The second kappa shape index (κ2) is 9.84. The summed E-state index contributed by atoms with van der Waals surface area (Å²) in [4.78, 5) is 24.9. The van der Waals surface area contributed by atoms with E-state index in [0.29, 0.717) is 24.4 Å². The number of morpholine rings is 1. The first-order chi connectivity index (χ1) is 16.3. The van der Waals surface area contributed by atoms with Crippen LogP contribution in [0, 0.1) is 6.92 Å². The molecule has 0 spiro atoms. The van der Waals surface area contributed by atoms with Gasteiger partial charge in [0.05, 0.1) is 30.9 Å². The van der Waals surface area contributed by atoms with Crippen LogP contribution in [-0.4, -0.2) is 64.6 Å². The third kappa shape index (κ3) is 4.76. The minimum absolute atomic E-state index is 0.000366. The lowest BCUT2D eigenvalue weighted by Crippen LogP contribution is -2.40. The van der Waals surface area contributed by atoms with Gasteiger partial charge in [0.1, 0.15) is 11.3 Å². The van der Waals surface area contributed by atoms with Gasteiger partial charge in [0.25, 0.3) is 5.91 Å². The number of ether oxygens (including phenoxy) is 3. The van der Waals surface area contributed by atoms with Crippen LogP contribution in [0.2, 0.25) is 0 Å². The molecule has 0 radical (unpaired) electrons. The molecule has 34 heavy (non-hydrogen) atoms. The molecule has 3 aromatic rings. The van der Waals surface area contributed by atoms with Crippen LogP contribution in [0.5, 0.6) is 5.75 Å². The number of hydrogen-bond donors (Lipinski definition) is 1. The number of hydrogen-bond acceptors (Lipinski definition) is 8. The van der Waals surface area contributed by atoms with Crippen molar-refractivity contribution >= 4 is 38.6 Å². The maximum atomic E-state index is 12.9. The largest absolute Gasteiger partial charge is 0.495 e. The average molecular weight is 489 g/mol. The van der Waals surface area contributed by atoms with Crippen molar-refractivity contribution in [2.75, 3.05) is 45.3 Å². The summed E-state index contributed by atoms with van der Waals surface area (Å²) in [6.45, 7) is 2.25. The van der Waals surface area contributed by atoms with E-state index in [4.69, 9.17) is 18.6 Å². The number of aryl methyl sites for hydroxylation is 1. The summed E-state index contributed by atoms with van der Waals surface area (Å²) >= 11 is 0. The zero-order valence-corrected chi connectivity index (χ0v) is 19.5. The topological polar surface area (TPSA) is 124 Å². The number of furan rings is 1. The Kier molecular flexibility index (Phi) is 6.87. The molecule has 0 saturated carbocycles. The lowest BCUT2D eigenvalue weighted by Gasteiger charge is -2.26. The van der Waals surface area contributed by atoms with Gasteiger partial charge in [-0.1, -0.05) is 18.2 Å². The summed E-state index contributed by atoms with van der Waals surface area (Å²) in [5.41, 5.74) is 1.29. The quantitative estimate of drug-likeness (QED) is 0.503. The number of benzene rings is 2. The Balaban J connectivity index is 1.46. The molecule has 1 saturated heterocycles. The van der Waals surface area contributed by atoms with E-state index in [0.717, 1.165) is 5.39 Å². The molecule has 0 bridgehead atoms. The molecular formula is C23H24N2O8S. The number of nitrogens with one attached hydrogen (secondary N) is 1. The molecule has 0 aliphatic carbocycles. The first-order valence-corrected chi connectivity index (χ1v) is 12.0. The highest BCUT2D eigenvalue weighted by Gasteiger charge is 2.27. The maximum absolute atomic E-state index is 12.9. The van der Waals surface area contributed by atoms with Crippen molar-refractivity contribution < 1.29 is 36.6 Å². The van der Waals surface area contributed by atoms with Crippen LogP contribution in [0.1, 0.15) is 16.1 Å². The van der Waals surface area contributed by atoms with E-state index in [1.165, 1.54) is 29.6 Å². The Morgan fingerprint density at radius 2 is 1.85 bits per heavy atom. The van der Waals surface area contributed by atoms with Crippen molar-refractivity contribution in [3.8, 4) is 5.75 Å². The molecule has 1 N–H and O–H groups in total. The highest BCUT2D eigenvalue weighted by Crippen LogP contribution is 2.29. The van der Waals surface area contributed by atoms with Crippen LogP contribution in [0.3, 0.4) is 0 Å². The monoisotopic (exact) mass is 488 g/mol. The third-order valence-electron chi connectivity index (χ3n) is 5.42. The van der Waals surface area contributed by atoms with Crippen LogP contribution in [0.25, 0.3) is 11.0 Å². The van der Waals surface area contributed by atoms with Gasteiger partial charge in [-0.05, 0) is 31.2 Å². The van der Waals surface area contributed by atoms with Gasteiger partial charge in [-0.2, -0.15) is 4.31 Å². The standard InChI is InChI=1S/C23H24N2O8S/c1-15-17-5-3-4-6-19(17)33-22(15)23(27)32-14-21(26)24-18-13-16(7-8-20(18)30-2)34(28,29)25-9-11-31-12-10-25/h3-8,13H,9-12,14H2,1-2H3,(H,24,26). The molecule has 4 rings (SSSR count). The highest BCUT2D eigenvalue weighted by molar-refractivity contribution is 7.89. The van der Waals surface area contributed by atoms with E-state index in [1.54, 1.807) is 19.1 Å². The van der Waals surface area contributed by atoms with Crippen LogP contribution in [0.15, 0.2) is 51.8 Å². The molecular weight excluding hydrogens is 464 g/mol. The third-order valence-corrected chi connectivity index (χ3v) is 7.31. The molecule has 1 amide bonds. The molecule has 1 fully saturated rings. The van der Waals surface area contributed by atoms with Gasteiger partial charge in [0, 0.05) is 24.0 Å². The molecule has 0 unspecified atom stereocenters. The molecule has 0 atom stereocenters. The van der Waals surface area contributed by atoms with Gasteiger partial charge in [0.2, 0.25) is 15.8 Å². The van der Waals surface area contributed by atoms with Crippen molar-refractivity contribution in [2.45, 2.75) is 11.8 Å². The zero-order valence-electron chi connectivity index (χ0n) is 18.7. The average Bonchev–Trinajstić information content (AvgIpc) is 3.19. The number of methoxy groups -OCH3 is 1. The summed E-state index contributed by atoms with van der Waals surface area (Å²) in [6.07, 6.45) is 0. The van der Waals surface area contributed by atoms with E-state index in [9.17, 15) is 18.0 Å². The molecule has 2 aromatic carbocycles. The normalized spacial score (nSPS) is 14.6. The molecule has 1 aromatic heterocycles. The fraction of sp³-hybridized carbons (Fsp3) is 0.304. The van der Waals surface area contributed by atoms with E-state index >= 15 is 0 Å². The van der Waals surface area contributed by atoms with Gasteiger partial charge in [-0.25, -0.2) is 13.2 Å². The Hall–Kier alpha value is -3.41. The molecule has 2 heterocycles. The molecule has 11 heteroatoms. The Labute approximate surface area is 196 Å². The maximum Gasteiger partial charge on any atom is 0.375 e. The van der Waals surface area contributed by atoms with Gasteiger partial charge >= 0.3 is 5.97 Å². The fourth-order valence-corrected chi connectivity index (χ4v) is 5.07. The number of sulfonamides is 1. The van der Waals surface area contributed by atoms with Crippen LogP contribution >= 0.6 is 0 Å². The number of para-hydroxylation sites is 1. The van der Waals surface area contributed by atoms with Crippen molar-refractivity contribution in [3.63, 3.8) is 0 Å². The summed E-state index contributed by atoms with van der Waals surface area (Å²) in [5, 5.41) is 3.33. The van der Waals surface area contributed by atoms with Crippen LogP contribution < -0.4 is 10.1 Å². The van der Waals surface area contributed by atoms with Gasteiger partial charge < -0.3 is 23.9 Å². The predicted octanol–water partition coefficient (Wildman–Crippen LogP) is 2.57. The number of nitrogens with zero attached hydrogens (tertiary/aromatic N) is 1. The fourth-order valence-electron chi connectivity index (χ4n) is 3.63. The predicted molar refractivity (Wildman–Crippen MR) is 122 cm³/mol. The van der Waals surface area contributed by atoms with Crippen LogP contribution in [-0.2, 0) is 24.3 Å². The van der Waals surface area contributed by atoms with E-state index in [2.05, 4.69) is 5.32 Å². The number of amides is 1. The first kappa shape index (κ1) is 23.7. The molecule has 10 nitrogen and oxygen atoms in total. The SMILES string of the molecule is COc1ccc(S(=O)(=O)N2CCOCC2)cc1NC(=O)COC(=O)c1oc2ccccc2c1C. The summed E-state index contributed by atoms with van der Waals surface area (Å²) < 4.78 is 48.3. The summed E-state index contributed by atoms with van der Waals surface area (Å²) in [7, 11) is -2.38. The lowest BCUT2D eigenvalue weighted by molar-refractivity contribution is -0.119. The number of carbonyl (C=O) groups excluding carboxylic acids is 2. The number of fused-ring (bicyclic) bond motifs is 1. The van der Waals surface area contributed by atoms with Gasteiger partial charge in [0.15, 0.2) is 6.61 Å². The van der Waals surface area contributed by atoms with E-state index < -0.39 is 28.5 Å². The van der Waals surface area contributed by atoms with E-state index in [1.807, 2.05) is 12.1 Å². The van der Waals surface area contributed by atoms with Crippen molar-refractivity contribution in [2.24, 2.45) is 0 Å². The second-order valence-corrected chi connectivity index (χ2v) is 9.49. The summed E-state index contributed by atoms with van der Waals surface area (Å²) in [5.74, 6) is -1.17. The van der Waals surface area contributed by atoms with E-state index in [-0.39, 0.29) is 35.2 Å². The number of anilines is 1. The van der Waals surface area contributed by atoms with Crippen LogP contribution in [0.4, 0.5) is 5.69 Å². The highest BCUT2D eigenvalue weighted by atomic mass is 32.2.